The molecule has 9 nitrogen and oxygen atoms in total. The minimum atomic E-state index is -1.93. The van der Waals surface area contributed by atoms with Crippen LogP contribution < -0.4 is 14.8 Å². The first-order valence-corrected chi connectivity index (χ1v) is 9.75. The van der Waals surface area contributed by atoms with Gasteiger partial charge in [0, 0.05) is 24.2 Å². The summed E-state index contributed by atoms with van der Waals surface area (Å²) < 4.78 is 16.7. The third-order valence-corrected chi connectivity index (χ3v) is 5.34. The third kappa shape index (κ3) is 4.51. The number of carbonyl (C=O) groups excluding carboxylic acids is 1. The second-order valence-corrected chi connectivity index (χ2v) is 7.49. The first-order valence-electron chi connectivity index (χ1n) is 9.75. The lowest BCUT2D eigenvalue weighted by Gasteiger charge is -2.45. The smallest absolute Gasteiger partial charge is 0.251 e. The molecule has 1 amide bonds. The summed E-state index contributed by atoms with van der Waals surface area (Å²) in [6.45, 7) is 0.715. The van der Waals surface area contributed by atoms with Crippen LogP contribution in [0.3, 0.4) is 0 Å². The predicted octanol–water partition coefficient (Wildman–Crippen LogP) is 0.291. The highest BCUT2D eigenvalue weighted by atomic mass is 16.7. The summed E-state index contributed by atoms with van der Waals surface area (Å²) >= 11 is 0. The van der Waals surface area contributed by atoms with E-state index in [1.807, 2.05) is 6.07 Å². The maximum atomic E-state index is 11.9. The van der Waals surface area contributed by atoms with Crippen LogP contribution in [0.25, 0.3) is 11.1 Å². The van der Waals surface area contributed by atoms with Gasteiger partial charge in [0.15, 0.2) is 5.60 Å². The van der Waals surface area contributed by atoms with Crippen LogP contribution in [0.1, 0.15) is 17.3 Å². The van der Waals surface area contributed by atoms with E-state index < -0.39 is 36.8 Å². The Morgan fingerprint density at radius 3 is 2.61 bits per heavy atom. The second kappa shape index (κ2) is 9.21. The normalized spacial score (nSPS) is 28.1. The maximum Gasteiger partial charge on any atom is 0.251 e. The van der Waals surface area contributed by atoms with Crippen LogP contribution in [0, 0.1) is 0 Å². The van der Waals surface area contributed by atoms with Crippen LogP contribution in [0.2, 0.25) is 0 Å². The standard InChI is InChI=1S/C22H27NO8/c1-22(28)19(26)18(25)17(11-24)31-21(22)30-14-7-8-15(16(10-14)29-3)12-5-4-6-13(9-12)20(27)23-2/h4-10,17-19,21,24-26,28H,11H2,1-3H3,(H,23,27)/t17-,18-,19+,21+,22+/m1/s1. The van der Waals surface area contributed by atoms with Gasteiger partial charge >= 0.3 is 0 Å². The summed E-state index contributed by atoms with van der Waals surface area (Å²) in [5.41, 5.74) is 0.0281. The number of aliphatic hydroxyl groups excluding tert-OH is 3. The molecule has 168 valence electrons. The molecule has 0 bridgehead atoms. The van der Waals surface area contributed by atoms with E-state index in [9.17, 15) is 25.2 Å². The molecular formula is C22H27NO8. The van der Waals surface area contributed by atoms with E-state index in [0.717, 1.165) is 5.56 Å². The van der Waals surface area contributed by atoms with E-state index in [1.54, 1.807) is 43.4 Å². The van der Waals surface area contributed by atoms with Crippen LogP contribution >= 0.6 is 0 Å². The number of aliphatic hydroxyl groups is 4. The molecule has 2 aromatic carbocycles. The molecule has 1 aliphatic rings. The largest absolute Gasteiger partial charge is 0.496 e. The van der Waals surface area contributed by atoms with Crippen molar-refractivity contribution in [3.05, 3.63) is 48.0 Å². The predicted molar refractivity (Wildman–Crippen MR) is 111 cm³/mol. The quantitative estimate of drug-likeness (QED) is 0.438. The highest BCUT2D eigenvalue weighted by Gasteiger charge is 2.53. The average Bonchev–Trinajstić information content (AvgIpc) is 2.79. The van der Waals surface area contributed by atoms with E-state index in [-0.39, 0.29) is 11.7 Å². The topological polar surface area (TPSA) is 138 Å². The molecule has 0 aromatic heterocycles. The molecule has 31 heavy (non-hydrogen) atoms. The fourth-order valence-electron chi connectivity index (χ4n) is 3.44. The Morgan fingerprint density at radius 2 is 1.97 bits per heavy atom. The van der Waals surface area contributed by atoms with Crippen molar-refractivity contribution in [2.45, 2.75) is 37.1 Å². The van der Waals surface area contributed by atoms with Crippen LogP contribution in [0.5, 0.6) is 11.5 Å². The molecule has 0 spiro atoms. The molecule has 0 radical (unpaired) electrons. The van der Waals surface area contributed by atoms with Gasteiger partial charge in [-0.2, -0.15) is 0 Å². The lowest BCUT2D eigenvalue weighted by atomic mass is 9.88. The molecule has 1 heterocycles. The number of benzene rings is 2. The Bertz CT molecular complexity index is 931. The lowest BCUT2D eigenvalue weighted by Crippen LogP contribution is -2.66. The number of rotatable bonds is 6. The highest BCUT2D eigenvalue weighted by Crippen LogP contribution is 2.36. The van der Waals surface area contributed by atoms with Gasteiger partial charge in [0.05, 0.1) is 13.7 Å². The first-order chi connectivity index (χ1) is 14.7. The van der Waals surface area contributed by atoms with Gasteiger partial charge in [-0.3, -0.25) is 4.79 Å². The van der Waals surface area contributed by atoms with Crippen LogP contribution in [0.4, 0.5) is 0 Å². The molecular weight excluding hydrogens is 406 g/mol. The van der Waals surface area contributed by atoms with Crippen molar-refractivity contribution < 1.29 is 39.4 Å². The Balaban J connectivity index is 1.89. The number of ether oxygens (including phenoxy) is 3. The summed E-state index contributed by atoms with van der Waals surface area (Å²) in [5.74, 6) is 0.506. The van der Waals surface area contributed by atoms with Crippen molar-refractivity contribution in [1.29, 1.82) is 0 Å². The number of nitrogens with one attached hydrogen (secondary N) is 1. The maximum absolute atomic E-state index is 11.9. The summed E-state index contributed by atoms with van der Waals surface area (Å²) in [6, 6.07) is 12.0. The van der Waals surface area contributed by atoms with E-state index in [2.05, 4.69) is 5.32 Å². The third-order valence-electron chi connectivity index (χ3n) is 5.34. The van der Waals surface area contributed by atoms with E-state index in [1.165, 1.54) is 14.0 Å². The molecule has 1 aliphatic heterocycles. The molecule has 2 aromatic rings. The SMILES string of the molecule is CNC(=O)c1cccc(-c2ccc(O[C@H]3O[C@H](CO)[C@@H](O)[C@H](O)[C@]3(C)O)cc2OC)c1. The van der Waals surface area contributed by atoms with Crippen molar-refractivity contribution in [1.82, 2.24) is 5.32 Å². The molecule has 5 atom stereocenters. The summed E-state index contributed by atoms with van der Waals surface area (Å²) in [5, 5.41) is 42.8. The van der Waals surface area contributed by atoms with E-state index >= 15 is 0 Å². The molecule has 0 saturated carbocycles. The molecule has 1 fully saturated rings. The van der Waals surface area contributed by atoms with Crippen molar-refractivity contribution in [3.8, 4) is 22.6 Å². The van der Waals surface area contributed by atoms with Crippen molar-refractivity contribution in [2.24, 2.45) is 0 Å². The molecule has 0 unspecified atom stereocenters. The van der Waals surface area contributed by atoms with Crippen LogP contribution in [-0.2, 0) is 4.74 Å². The molecule has 3 rings (SSSR count). The summed E-state index contributed by atoms with van der Waals surface area (Å²) in [7, 11) is 3.04. The molecule has 0 aliphatic carbocycles. The minimum absolute atomic E-state index is 0.211. The number of hydrogen-bond acceptors (Lipinski definition) is 8. The zero-order valence-corrected chi connectivity index (χ0v) is 17.5. The zero-order valence-electron chi connectivity index (χ0n) is 17.5. The number of hydrogen-bond donors (Lipinski definition) is 5. The van der Waals surface area contributed by atoms with E-state index in [4.69, 9.17) is 14.2 Å². The highest BCUT2D eigenvalue weighted by molar-refractivity contribution is 5.95. The fourth-order valence-corrected chi connectivity index (χ4v) is 3.44. The Hall–Kier alpha value is -2.69. The van der Waals surface area contributed by atoms with E-state index in [0.29, 0.717) is 16.9 Å². The first kappa shape index (κ1) is 23.0. The Kier molecular flexibility index (Phi) is 6.83. The minimum Gasteiger partial charge on any atom is -0.496 e. The van der Waals surface area contributed by atoms with Crippen molar-refractivity contribution >= 4 is 5.91 Å². The lowest BCUT2D eigenvalue weighted by molar-refractivity contribution is -0.314. The van der Waals surface area contributed by atoms with Crippen LogP contribution in [-0.4, -0.2) is 77.3 Å². The molecule has 9 heteroatoms. The number of carbonyl (C=O) groups is 1. The van der Waals surface area contributed by atoms with Gasteiger partial charge in [-0.25, -0.2) is 0 Å². The van der Waals surface area contributed by atoms with Gasteiger partial charge in [0.25, 0.3) is 5.91 Å². The summed E-state index contributed by atoms with van der Waals surface area (Å²) in [4.78, 5) is 11.9. The van der Waals surface area contributed by atoms with Crippen LogP contribution in [0.15, 0.2) is 42.5 Å². The van der Waals surface area contributed by atoms with Gasteiger partial charge in [0.2, 0.25) is 6.29 Å². The number of amides is 1. The molecule has 1 saturated heterocycles. The van der Waals surface area contributed by atoms with Gasteiger partial charge in [-0.1, -0.05) is 12.1 Å². The summed E-state index contributed by atoms with van der Waals surface area (Å²) in [6.07, 6.45) is -5.52. The number of methoxy groups -OCH3 is 1. The zero-order chi connectivity index (χ0) is 22.8. The monoisotopic (exact) mass is 433 g/mol. The van der Waals surface area contributed by atoms with Crippen molar-refractivity contribution in [2.75, 3.05) is 20.8 Å². The van der Waals surface area contributed by atoms with Gasteiger partial charge in [0.1, 0.15) is 29.8 Å². The Morgan fingerprint density at radius 1 is 1.23 bits per heavy atom. The average molecular weight is 433 g/mol. The second-order valence-electron chi connectivity index (χ2n) is 7.49. The molecule has 5 N–H and O–H groups in total. The van der Waals surface area contributed by atoms with Gasteiger partial charge < -0.3 is 40.0 Å². The Labute approximate surface area is 179 Å². The van der Waals surface area contributed by atoms with Gasteiger partial charge in [-0.15, -0.1) is 0 Å². The fraction of sp³-hybridized carbons (Fsp3) is 0.409. The van der Waals surface area contributed by atoms with Gasteiger partial charge in [-0.05, 0) is 36.8 Å². The van der Waals surface area contributed by atoms with Crippen molar-refractivity contribution in [3.63, 3.8) is 0 Å².